The van der Waals surface area contributed by atoms with Gasteiger partial charge in [-0.1, -0.05) is 11.3 Å². The van der Waals surface area contributed by atoms with Crippen LogP contribution < -0.4 is 5.32 Å². The molecule has 7 heteroatoms. The third kappa shape index (κ3) is 2.78. The molecule has 0 radical (unpaired) electrons. The molecule has 1 amide bonds. The number of nitrogens with one attached hydrogen (secondary N) is 1. The van der Waals surface area contributed by atoms with Crippen LogP contribution in [0, 0.1) is 0 Å². The largest absolute Gasteiger partial charge is 0.363 e. The van der Waals surface area contributed by atoms with E-state index in [-0.39, 0.29) is 5.91 Å². The molecule has 1 fully saturated rings. The SMILES string of the molecule is CNc1nnc(C(=O)N(C)C2CCN(C)CC2)s1. The topological polar surface area (TPSA) is 61.4 Å². The van der Waals surface area contributed by atoms with Crippen molar-refractivity contribution >= 4 is 22.4 Å². The summed E-state index contributed by atoms with van der Waals surface area (Å²) in [5.41, 5.74) is 0. The van der Waals surface area contributed by atoms with Crippen LogP contribution in [0.4, 0.5) is 5.13 Å². The number of piperidine rings is 1. The van der Waals surface area contributed by atoms with Crippen molar-refractivity contribution in [3.8, 4) is 0 Å². The van der Waals surface area contributed by atoms with Crippen molar-refractivity contribution in [2.24, 2.45) is 0 Å². The molecular weight excluding hydrogens is 250 g/mol. The summed E-state index contributed by atoms with van der Waals surface area (Å²) in [5, 5.41) is 11.8. The maximum absolute atomic E-state index is 12.2. The summed E-state index contributed by atoms with van der Waals surface area (Å²) >= 11 is 1.30. The number of anilines is 1. The van der Waals surface area contributed by atoms with Gasteiger partial charge in [-0.3, -0.25) is 4.79 Å². The number of aromatic nitrogens is 2. The number of carbonyl (C=O) groups is 1. The molecule has 0 saturated carbocycles. The van der Waals surface area contributed by atoms with Gasteiger partial charge in [0.15, 0.2) is 0 Å². The monoisotopic (exact) mass is 269 g/mol. The molecule has 0 spiro atoms. The van der Waals surface area contributed by atoms with E-state index in [1.165, 1.54) is 11.3 Å². The number of amides is 1. The van der Waals surface area contributed by atoms with Crippen molar-refractivity contribution in [3.05, 3.63) is 5.01 Å². The molecule has 6 nitrogen and oxygen atoms in total. The first kappa shape index (κ1) is 13.2. The van der Waals surface area contributed by atoms with E-state index in [9.17, 15) is 4.79 Å². The molecule has 0 atom stereocenters. The van der Waals surface area contributed by atoms with Crippen molar-refractivity contribution in [2.45, 2.75) is 18.9 Å². The van der Waals surface area contributed by atoms with E-state index >= 15 is 0 Å². The number of nitrogens with zero attached hydrogens (tertiary/aromatic N) is 4. The van der Waals surface area contributed by atoms with E-state index in [0.717, 1.165) is 25.9 Å². The van der Waals surface area contributed by atoms with Crippen molar-refractivity contribution in [2.75, 3.05) is 39.5 Å². The number of likely N-dealkylation sites (tertiary alicyclic amines) is 1. The molecule has 2 rings (SSSR count). The van der Waals surface area contributed by atoms with Crippen LogP contribution in [0.2, 0.25) is 0 Å². The number of hydrogen-bond acceptors (Lipinski definition) is 6. The van der Waals surface area contributed by atoms with Crippen LogP contribution in [0.1, 0.15) is 22.6 Å². The Hall–Kier alpha value is -1.21. The molecule has 1 saturated heterocycles. The van der Waals surface area contributed by atoms with Crippen LogP contribution in [0.3, 0.4) is 0 Å². The molecule has 0 bridgehead atoms. The number of hydrogen-bond donors (Lipinski definition) is 1. The second-order valence-electron chi connectivity index (χ2n) is 4.61. The van der Waals surface area contributed by atoms with Crippen molar-refractivity contribution in [1.82, 2.24) is 20.0 Å². The van der Waals surface area contributed by atoms with Crippen LogP contribution in [-0.4, -0.2) is 66.2 Å². The molecule has 100 valence electrons. The Bertz CT molecular complexity index is 413. The Morgan fingerprint density at radius 1 is 1.44 bits per heavy atom. The summed E-state index contributed by atoms with van der Waals surface area (Å²) in [4.78, 5) is 16.4. The van der Waals surface area contributed by atoms with Crippen molar-refractivity contribution in [1.29, 1.82) is 0 Å². The highest BCUT2D eigenvalue weighted by Gasteiger charge is 2.26. The molecule has 1 N–H and O–H groups in total. The summed E-state index contributed by atoms with van der Waals surface area (Å²) in [6.07, 6.45) is 2.05. The summed E-state index contributed by atoms with van der Waals surface area (Å²) in [6, 6.07) is 0.315. The zero-order valence-electron chi connectivity index (χ0n) is 11.0. The smallest absolute Gasteiger partial charge is 0.284 e. The van der Waals surface area contributed by atoms with Gasteiger partial charge in [-0.15, -0.1) is 10.2 Å². The first-order valence-corrected chi connectivity index (χ1v) is 6.90. The van der Waals surface area contributed by atoms with Crippen LogP contribution in [-0.2, 0) is 0 Å². The third-order valence-corrected chi connectivity index (χ3v) is 4.31. The minimum atomic E-state index is -0.0245. The molecule has 1 aliphatic rings. The third-order valence-electron chi connectivity index (χ3n) is 3.38. The Morgan fingerprint density at radius 3 is 2.67 bits per heavy atom. The van der Waals surface area contributed by atoms with Gasteiger partial charge in [0.05, 0.1) is 0 Å². The van der Waals surface area contributed by atoms with Gasteiger partial charge in [0, 0.05) is 20.1 Å². The van der Waals surface area contributed by atoms with Gasteiger partial charge in [0.2, 0.25) is 10.1 Å². The lowest BCUT2D eigenvalue weighted by atomic mass is 10.0. The average Bonchev–Trinajstić information content (AvgIpc) is 2.86. The molecule has 0 aromatic carbocycles. The Morgan fingerprint density at radius 2 is 2.11 bits per heavy atom. The van der Waals surface area contributed by atoms with E-state index in [0.29, 0.717) is 16.2 Å². The van der Waals surface area contributed by atoms with Gasteiger partial charge in [0.1, 0.15) is 0 Å². The zero-order chi connectivity index (χ0) is 13.1. The Kier molecular flexibility index (Phi) is 4.13. The molecular formula is C11H19N5OS. The lowest BCUT2D eigenvalue weighted by Gasteiger charge is -2.34. The summed E-state index contributed by atoms with van der Waals surface area (Å²) < 4.78 is 0. The quantitative estimate of drug-likeness (QED) is 0.877. The van der Waals surface area contributed by atoms with E-state index in [1.807, 2.05) is 11.9 Å². The van der Waals surface area contributed by atoms with Crippen LogP contribution in [0.15, 0.2) is 0 Å². The van der Waals surface area contributed by atoms with Gasteiger partial charge in [-0.25, -0.2) is 0 Å². The Balaban J connectivity index is 1.99. The molecule has 1 aromatic rings. The lowest BCUT2D eigenvalue weighted by molar-refractivity contribution is 0.0658. The van der Waals surface area contributed by atoms with Crippen LogP contribution in [0.25, 0.3) is 0 Å². The molecule has 18 heavy (non-hydrogen) atoms. The maximum atomic E-state index is 12.2. The summed E-state index contributed by atoms with van der Waals surface area (Å²) in [5.74, 6) is -0.0245. The van der Waals surface area contributed by atoms with Gasteiger partial charge in [0.25, 0.3) is 5.91 Å². The minimum absolute atomic E-state index is 0.0245. The van der Waals surface area contributed by atoms with Gasteiger partial charge in [-0.05, 0) is 33.0 Å². The molecule has 1 aliphatic heterocycles. The zero-order valence-corrected chi connectivity index (χ0v) is 11.8. The van der Waals surface area contributed by atoms with Gasteiger partial charge >= 0.3 is 0 Å². The maximum Gasteiger partial charge on any atom is 0.284 e. The average molecular weight is 269 g/mol. The lowest BCUT2D eigenvalue weighted by Crippen LogP contribution is -2.44. The van der Waals surface area contributed by atoms with Gasteiger partial charge in [-0.2, -0.15) is 0 Å². The van der Waals surface area contributed by atoms with Crippen LogP contribution >= 0.6 is 11.3 Å². The molecule has 2 heterocycles. The second-order valence-corrected chi connectivity index (χ2v) is 5.59. The first-order chi connectivity index (χ1) is 8.61. The van der Waals surface area contributed by atoms with E-state index in [2.05, 4.69) is 27.5 Å². The van der Waals surface area contributed by atoms with E-state index < -0.39 is 0 Å². The number of carbonyl (C=O) groups excluding carboxylic acids is 1. The predicted octanol–water partition coefficient (Wildman–Crippen LogP) is 0.746. The molecule has 1 aromatic heterocycles. The van der Waals surface area contributed by atoms with Gasteiger partial charge < -0.3 is 15.1 Å². The normalized spacial score (nSPS) is 17.7. The number of rotatable bonds is 3. The second kappa shape index (κ2) is 5.62. The minimum Gasteiger partial charge on any atom is -0.363 e. The fourth-order valence-corrected chi connectivity index (χ4v) is 2.79. The standard InChI is InChI=1S/C11H19N5OS/c1-12-11-14-13-9(18-11)10(17)16(3)8-4-6-15(2)7-5-8/h8H,4-7H2,1-3H3,(H,12,14). The summed E-state index contributed by atoms with van der Waals surface area (Å²) in [7, 11) is 5.75. The fraction of sp³-hybridized carbons (Fsp3) is 0.727. The summed E-state index contributed by atoms with van der Waals surface area (Å²) in [6.45, 7) is 2.08. The molecule has 0 aliphatic carbocycles. The van der Waals surface area contributed by atoms with Crippen LogP contribution in [0.5, 0.6) is 0 Å². The molecule has 0 unspecified atom stereocenters. The van der Waals surface area contributed by atoms with Crippen molar-refractivity contribution < 1.29 is 4.79 Å². The highest BCUT2D eigenvalue weighted by Crippen LogP contribution is 2.20. The van der Waals surface area contributed by atoms with E-state index in [4.69, 9.17) is 0 Å². The van der Waals surface area contributed by atoms with Crippen molar-refractivity contribution in [3.63, 3.8) is 0 Å². The Labute approximate surface area is 111 Å². The van der Waals surface area contributed by atoms with E-state index in [1.54, 1.807) is 7.05 Å². The first-order valence-electron chi connectivity index (χ1n) is 6.08. The highest BCUT2D eigenvalue weighted by molar-refractivity contribution is 7.17. The highest BCUT2D eigenvalue weighted by atomic mass is 32.1. The fourth-order valence-electron chi connectivity index (χ4n) is 2.11. The predicted molar refractivity (Wildman–Crippen MR) is 72.1 cm³/mol.